The second-order valence-corrected chi connectivity index (χ2v) is 29.9. The number of nitrogens with zero attached hydrogens (tertiary/aromatic N) is 8. The third kappa shape index (κ3) is 10.6. The van der Waals surface area contributed by atoms with Crippen LogP contribution in [0.5, 0.6) is 0 Å². The minimum absolute atomic E-state index is 0.921. The molecule has 0 N–H and O–H groups in total. The summed E-state index contributed by atoms with van der Waals surface area (Å²) in [5, 5.41) is 19.2. The molecule has 20 aromatic carbocycles. The van der Waals surface area contributed by atoms with Crippen LogP contribution in [0.2, 0.25) is 0 Å². The van der Waals surface area contributed by atoms with Gasteiger partial charge in [-0.05, 0) is 114 Å². The fraction of sp³-hybridized carbons (Fsp3) is 0. The van der Waals surface area contributed by atoms with Gasteiger partial charge < -0.3 is 0 Å². The van der Waals surface area contributed by atoms with Gasteiger partial charge >= 0.3 is 0 Å². The highest BCUT2D eigenvalue weighted by atomic mass is 15.1. The lowest BCUT2D eigenvalue weighted by atomic mass is 10.00. The van der Waals surface area contributed by atoms with Crippen LogP contribution < -0.4 is 0 Å². The quantitative estimate of drug-likeness (QED) is 0.128. The number of aromatic nitrogens is 8. The molecular formula is C108H68N8. The first-order valence-electron chi connectivity index (χ1n) is 39.5. The second kappa shape index (κ2) is 27.1. The van der Waals surface area contributed by atoms with E-state index in [4.69, 9.17) is 19.9 Å². The van der Waals surface area contributed by atoms with Gasteiger partial charge in [0.15, 0.2) is 0 Å². The van der Waals surface area contributed by atoms with Gasteiger partial charge in [0.25, 0.3) is 0 Å². The molecule has 24 aromatic rings. The lowest BCUT2D eigenvalue weighted by Gasteiger charge is -2.13. The summed E-state index contributed by atoms with van der Waals surface area (Å²) >= 11 is 0. The largest absolute Gasteiger partial charge is 0.292 e. The molecular weight excluding hydrogens is 1410 g/mol. The summed E-state index contributed by atoms with van der Waals surface area (Å²) in [5.74, 6) is 3.68. The molecule has 0 radical (unpaired) electrons. The van der Waals surface area contributed by atoms with Crippen LogP contribution in [0.1, 0.15) is 0 Å². The average molecular weight is 1480 g/mol. The summed E-state index contributed by atoms with van der Waals surface area (Å²) in [6, 6.07) is 147. The van der Waals surface area contributed by atoms with Gasteiger partial charge in [0.1, 0.15) is 23.3 Å². The Balaban J connectivity index is 0.000000137. The van der Waals surface area contributed by atoms with Crippen molar-refractivity contribution in [3.63, 3.8) is 0 Å². The molecule has 0 bridgehead atoms. The Hall–Kier alpha value is -15.6. The zero-order chi connectivity index (χ0) is 76.3. The average Bonchev–Trinajstić information content (AvgIpc) is 1.56. The number of fused-ring (bicyclic) bond motifs is 24. The van der Waals surface area contributed by atoms with E-state index >= 15 is 0 Å². The molecule has 4 heterocycles. The maximum Gasteiger partial charge on any atom is 0.145 e. The van der Waals surface area contributed by atoms with E-state index in [1.807, 2.05) is 0 Å². The molecule has 0 unspecified atom stereocenters. The molecule has 8 nitrogen and oxygen atoms in total. The highest BCUT2D eigenvalue weighted by Crippen LogP contribution is 2.46. The van der Waals surface area contributed by atoms with Gasteiger partial charge in [-0.15, -0.1) is 0 Å². The first-order chi connectivity index (χ1) is 57.6. The van der Waals surface area contributed by atoms with Gasteiger partial charge in [-0.3, -0.25) is 18.3 Å². The minimum atomic E-state index is 0.921. The highest BCUT2D eigenvalue weighted by Gasteiger charge is 2.26. The van der Waals surface area contributed by atoms with Crippen LogP contribution in [0.4, 0.5) is 0 Å². The number of benzene rings is 20. The molecule has 4 aromatic heterocycles. The van der Waals surface area contributed by atoms with E-state index in [-0.39, 0.29) is 0 Å². The Morgan fingerprint density at radius 1 is 0.121 bits per heavy atom. The Morgan fingerprint density at radius 3 is 0.440 bits per heavy atom. The van der Waals surface area contributed by atoms with Crippen molar-refractivity contribution < 1.29 is 0 Å². The second-order valence-electron chi connectivity index (χ2n) is 29.9. The monoisotopic (exact) mass is 1480 g/mol. The molecule has 0 saturated heterocycles. The van der Waals surface area contributed by atoms with Crippen molar-refractivity contribution >= 4 is 130 Å². The molecule has 24 rings (SSSR count). The maximum atomic E-state index is 5.43. The molecule has 0 aliphatic heterocycles. The summed E-state index contributed by atoms with van der Waals surface area (Å²) in [7, 11) is 0. The predicted octanol–water partition coefficient (Wildman–Crippen LogP) is 28.0. The molecule has 0 atom stereocenters. The summed E-state index contributed by atoms with van der Waals surface area (Å²) in [6.45, 7) is 0. The van der Waals surface area contributed by atoms with Crippen molar-refractivity contribution in [3.05, 3.63) is 413 Å². The standard InChI is InChI=1S/2C54H34N4/c2*1-3-15-39(16-4-1)57-51-47-25-13-9-21-43(47)41-19-7-11-23-45(41)49(51)55-53(57)37-31-27-35(28-32-37)36-29-33-38(34-30-36)54-56-50-46-24-12-8-20-42(46)44-22-10-14-26-48(44)52(50)58(54)40-17-5-2-6-18-40/h2*1-34H. The zero-order valence-electron chi connectivity index (χ0n) is 62.8. The van der Waals surface area contributed by atoms with E-state index in [1.165, 1.54) is 64.6 Å². The van der Waals surface area contributed by atoms with Crippen molar-refractivity contribution in [3.8, 4) is 90.6 Å². The topological polar surface area (TPSA) is 71.3 Å². The first-order valence-corrected chi connectivity index (χ1v) is 39.5. The third-order valence-electron chi connectivity index (χ3n) is 23.4. The number of hydrogen-bond acceptors (Lipinski definition) is 4. The van der Waals surface area contributed by atoms with Crippen molar-refractivity contribution in [1.82, 2.24) is 38.2 Å². The van der Waals surface area contributed by atoms with E-state index in [2.05, 4.69) is 431 Å². The van der Waals surface area contributed by atoms with Crippen LogP contribution in [0.15, 0.2) is 413 Å². The molecule has 0 saturated carbocycles. The highest BCUT2D eigenvalue weighted by molar-refractivity contribution is 6.28. The van der Waals surface area contributed by atoms with Crippen molar-refractivity contribution in [2.75, 3.05) is 0 Å². The van der Waals surface area contributed by atoms with Gasteiger partial charge in [0.05, 0.1) is 44.1 Å². The van der Waals surface area contributed by atoms with Gasteiger partial charge in [-0.1, -0.05) is 364 Å². The van der Waals surface area contributed by atoms with Crippen LogP contribution in [0.25, 0.3) is 221 Å². The summed E-state index contributed by atoms with van der Waals surface area (Å²) < 4.78 is 9.33. The predicted molar refractivity (Wildman–Crippen MR) is 484 cm³/mol. The molecule has 0 fully saturated rings. The molecule has 116 heavy (non-hydrogen) atoms. The van der Waals surface area contributed by atoms with Crippen LogP contribution >= 0.6 is 0 Å². The van der Waals surface area contributed by atoms with Crippen LogP contribution in [0, 0.1) is 0 Å². The van der Waals surface area contributed by atoms with Gasteiger partial charge in [0.2, 0.25) is 0 Å². The lowest BCUT2D eigenvalue weighted by molar-refractivity contribution is 1.11. The third-order valence-corrected chi connectivity index (χ3v) is 23.4. The fourth-order valence-electron chi connectivity index (χ4n) is 18.2. The number of imidazole rings is 4. The van der Waals surface area contributed by atoms with Crippen LogP contribution in [-0.4, -0.2) is 38.2 Å². The summed E-state index contributed by atoms with van der Waals surface area (Å²) in [5.41, 5.74) is 21.7. The Kier molecular flexibility index (Phi) is 15.5. The summed E-state index contributed by atoms with van der Waals surface area (Å²) in [4.78, 5) is 21.7. The lowest BCUT2D eigenvalue weighted by Crippen LogP contribution is -1.98. The fourth-order valence-corrected chi connectivity index (χ4v) is 18.2. The Morgan fingerprint density at radius 2 is 0.259 bits per heavy atom. The van der Waals surface area contributed by atoms with E-state index in [1.54, 1.807) is 0 Å². The molecule has 0 spiro atoms. The number of hydrogen-bond donors (Lipinski definition) is 0. The van der Waals surface area contributed by atoms with E-state index in [0.717, 1.165) is 156 Å². The zero-order valence-corrected chi connectivity index (χ0v) is 62.8. The first kappa shape index (κ1) is 66.2. The van der Waals surface area contributed by atoms with Gasteiger partial charge in [-0.2, -0.15) is 0 Å². The molecule has 8 heteroatoms. The minimum Gasteiger partial charge on any atom is -0.292 e. The maximum absolute atomic E-state index is 5.43. The molecule has 0 aliphatic rings. The van der Waals surface area contributed by atoms with Crippen molar-refractivity contribution in [2.24, 2.45) is 0 Å². The molecule has 0 amide bonds. The van der Waals surface area contributed by atoms with Crippen molar-refractivity contribution in [2.45, 2.75) is 0 Å². The molecule has 0 aliphatic carbocycles. The van der Waals surface area contributed by atoms with E-state index in [0.29, 0.717) is 0 Å². The Bertz CT molecular complexity index is 7050. The van der Waals surface area contributed by atoms with Crippen LogP contribution in [0.3, 0.4) is 0 Å². The number of para-hydroxylation sites is 4. The van der Waals surface area contributed by atoms with Gasteiger partial charge in [-0.25, -0.2) is 19.9 Å². The van der Waals surface area contributed by atoms with E-state index < -0.39 is 0 Å². The van der Waals surface area contributed by atoms with Crippen molar-refractivity contribution in [1.29, 1.82) is 0 Å². The Labute approximate surface area is 667 Å². The van der Waals surface area contributed by atoms with E-state index in [9.17, 15) is 0 Å². The number of rotatable bonds is 10. The molecule has 540 valence electrons. The SMILES string of the molecule is c1ccc(-n2c(-c3ccc(-c4ccc(-c5nc6c7ccccc7c7ccccc7c6n5-c5ccccc5)cc4)cc3)nc3c4ccccc4c4ccccc4c32)cc1.c1ccc(-n2c(-c3ccc(-c4ccc(-c5nc6c7ccccc7c7ccccc7c6n5-c5ccccc5)cc4)cc3)nc3c4ccccc4c4ccccc4c32)cc1. The smallest absolute Gasteiger partial charge is 0.145 e. The van der Waals surface area contributed by atoms with Crippen LogP contribution in [-0.2, 0) is 0 Å². The normalized spacial score (nSPS) is 11.8. The summed E-state index contributed by atoms with van der Waals surface area (Å²) in [6.07, 6.45) is 0. The van der Waals surface area contributed by atoms with Gasteiger partial charge in [0, 0.05) is 88.1 Å².